The van der Waals surface area contributed by atoms with Crippen molar-refractivity contribution >= 4 is 17.9 Å². The molecule has 0 aliphatic rings. The van der Waals surface area contributed by atoms with Crippen LogP contribution in [0.2, 0.25) is 0 Å². The first-order chi connectivity index (χ1) is 15.7. The van der Waals surface area contributed by atoms with Crippen molar-refractivity contribution in [2.75, 3.05) is 61.0 Å². The maximum absolute atomic E-state index is 12.2. The van der Waals surface area contributed by atoms with Crippen LogP contribution in [-0.4, -0.2) is 117 Å². The maximum atomic E-state index is 12.2. The molecule has 12 nitrogen and oxygen atoms in total. The molecule has 0 saturated carbocycles. The van der Waals surface area contributed by atoms with Gasteiger partial charge in [-0.3, -0.25) is 14.4 Å². The highest BCUT2D eigenvalue weighted by molar-refractivity contribution is 5.71. The molecular formula is C21H39NO11. The zero-order valence-electron chi connectivity index (χ0n) is 19.8. The van der Waals surface area contributed by atoms with Crippen molar-refractivity contribution in [2.24, 2.45) is 0 Å². The average molecular weight is 482 g/mol. The molecule has 12 heteroatoms. The number of methoxy groups -OCH3 is 1. The molecular weight excluding hydrogens is 442 g/mol. The van der Waals surface area contributed by atoms with E-state index in [1.807, 2.05) is 19.0 Å². The Hall–Kier alpha value is -1.83. The minimum atomic E-state index is -1.02. The Labute approximate surface area is 194 Å². The number of carbonyl (C=O) groups excluding carboxylic acids is 3. The molecule has 2 atom stereocenters. The molecule has 0 heterocycles. The van der Waals surface area contributed by atoms with Crippen LogP contribution in [0.3, 0.4) is 0 Å². The number of carbonyl (C=O) groups is 3. The summed E-state index contributed by atoms with van der Waals surface area (Å²) in [5.41, 5.74) is 0. The Morgan fingerprint density at radius 3 is 1.73 bits per heavy atom. The van der Waals surface area contributed by atoms with Crippen LogP contribution in [0.15, 0.2) is 0 Å². The van der Waals surface area contributed by atoms with Gasteiger partial charge in [0.15, 0.2) is 0 Å². The number of aliphatic hydroxyl groups is 3. The second kappa shape index (κ2) is 19.6. The van der Waals surface area contributed by atoms with E-state index in [9.17, 15) is 19.5 Å². The van der Waals surface area contributed by atoms with E-state index in [1.54, 1.807) is 0 Å². The molecule has 0 rings (SSSR count). The van der Waals surface area contributed by atoms with Gasteiger partial charge in [-0.15, -0.1) is 0 Å². The van der Waals surface area contributed by atoms with E-state index < -0.39 is 56.0 Å². The van der Waals surface area contributed by atoms with Gasteiger partial charge in [0.2, 0.25) is 0 Å². The van der Waals surface area contributed by atoms with E-state index >= 15 is 0 Å². The van der Waals surface area contributed by atoms with Crippen molar-refractivity contribution in [1.82, 2.24) is 4.90 Å². The molecule has 0 saturated heterocycles. The van der Waals surface area contributed by atoms with Crippen molar-refractivity contribution < 1.29 is 53.4 Å². The lowest BCUT2D eigenvalue weighted by atomic mass is 10.1. The highest BCUT2D eigenvalue weighted by Gasteiger charge is 2.21. The number of hydrogen-bond donors (Lipinski definition) is 3. The highest BCUT2D eigenvalue weighted by Crippen LogP contribution is 2.14. The Morgan fingerprint density at radius 2 is 1.24 bits per heavy atom. The van der Waals surface area contributed by atoms with Gasteiger partial charge < -0.3 is 43.9 Å². The van der Waals surface area contributed by atoms with Gasteiger partial charge in [0.1, 0.15) is 25.1 Å². The van der Waals surface area contributed by atoms with Crippen molar-refractivity contribution in [3.63, 3.8) is 0 Å². The Balaban J connectivity index is 4.73. The summed E-state index contributed by atoms with van der Waals surface area (Å²) >= 11 is 0. The van der Waals surface area contributed by atoms with Crippen LogP contribution < -0.4 is 0 Å². The summed E-state index contributed by atoms with van der Waals surface area (Å²) in [5, 5.41) is 27.3. The largest absolute Gasteiger partial charge is 0.462 e. The molecule has 3 N–H and O–H groups in total. The van der Waals surface area contributed by atoms with Crippen LogP contribution >= 0.6 is 0 Å². The first-order valence-corrected chi connectivity index (χ1v) is 10.9. The third-order valence-corrected chi connectivity index (χ3v) is 4.34. The van der Waals surface area contributed by atoms with Gasteiger partial charge in [0.05, 0.1) is 26.4 Å². The third kappa shape index (κ3) is 17.3. The summed E-state index contributed by atoms with van der Waals surface area (Å²) in [7, 11) is 5.21. The second-order valence-corrected chi connectivity index (χ2v) is 7.64. The normalized spacial score (nSPS) is 13.1. The molecule has 0 bridgehead atoms. The molecule has 0 radical (unpaired) electrons. The number of ether oxygens (including phenoxy) is 5. The average Bonchev–Trinajstić information content (AvgIpc) is 2.78. The monoisotopic (exact) mass is 481 g/mol. The maximum Gasteiger partial charge on any atom is 0.306 e. The highest BCUT2D eigenvalue weighted by atomic mass is 16.7. The molecule has 0 aliphatic heterocycles. The number of nitrogens with zero attached hydrogens (tertiary/aromatic N) is 1. The molecule has 0 amide bonds. The van der Waals surface area contributed by atoms with E-state index in [0.717, 1.165) is 0 Å². The zero-order valence-corrected chi connectivity index (χ0v) is 19.8. The zero-order chi connectivity index (χ0) is 25.1. The lowest BCUT2D eigenvalue weighted by Gasteiger charge is -2.20. The van der Waals surface area contributed by atoms with Crippen molar-refractivity contribution in [2.45, 2.75) is 56.8 Å². The van der Waals surface area contributed by atoms with Crippen LogP contribution in [0, 0.1) is 0 Å². The van der Waals surface area contributed by atoms with Crippen LogP contribution in [0.1, 0.15) is 38.5 Å². The van der Waals surface area contributed by atoms with Crippen molar-refractivity contribution in [1.29, 1.82) is 0 Å². The molecule has 33 heavy (non-hydrogen) atoms. The Kier molecular flexibility index (Phi) is 18.5. The van der Waals surface area contributed by atoms with E-state index in [4.69, 9.17) is 33.9 Å². The Morgan fingerprint density at radius 1 is 0.758 bits per heavy atom. The molecule has 2 unspecified atom stereocenters. The predicted molar refractivity (Wildman–Crippen MR) is 115 cm³/mol. The summed E-state index contributed by atoms with van der Waals surface area (Å²) in [4.78, 5) is 38.2. The minimum absolute atomic E-state index is 0.0105. The summed E-state index contributed by atoms with van der Waals surface area (Å²) < 4.78 is 25.3. The summed E-state index contributed by atoms with van der Waals surface area (Å²) in [6.45, 7) is -0.804. The second-order valence-electron chi connectivity index (χ2n) is 7.64. The first kappa shape index (κ1) is 31.2. The van der Waals surface area contributed by atoms with Gasteiger partial charge in [-0.2, -0.15) is 0 Å². The lowest BCUT2D eigenvalue weighted by Crippen LogP contribution is -2.29. The fourth-order valence-corrected chi connectivity index (χ4v) is 2.61. The molecule has 194 valence electrons. The molecule has 0 aromatic heterocycles. The third-order valence-electron chi connectivity index (χ3n) is 4.34. The van der Waals surface area contributed by atoms with E-state index in [-0.39, 0.29) is 45.5 Å². The van der Waals surface area contributed by atoms with Crippen molar-refractivity contribution in [3.8, 4) is 0 Å². The summed E-state index contributed by atoms with van der Waals surface area (Å²) in [6.07, 6.45) is -1.88. The van der Waals surface area contributed by atoms with Gasteiger partial charge >= 0.3 is 17.9 Å². The number of hydrogen-bond acceptors (Lipinski definition) is 12. The van der Waals surface area contributed by atoms with Crippen LogP contribution in [-0.2, 0) is 38.1 Å². The van der Waals surface area contributed by atoms with Crippen molar-refractivity contribution in [3.05, 3.63) is 0 Å². The van der Waals surface area contributed by atoms with E-state index in [1.165, 1.54) is 7.11 Å². The lowest BCUT2D eigenvalue weighted by molar-refractivity contribution is -0.161. The molecule has 0 spiro atoms. The van der Waals surface area contributed by atoms with E-state index in [0.29, 0.717) is 13.0 Å². The topological polar surface area (TPSA) is 161 Å². The predicted octanol–water partition coefficient (Wildman–Crippen LogP) is -0.779. The van der Waals surface area contributed by atoms with Gasteiger partial charge in [-0.05, 0) is 39.9 Å². The first-order valence-electron chi connectivity index (χ1n) is 10.9. The summed E-state index contributed by atoms with van der Waals surface area (Å²) in [6, 6.07) is 0. The standard InChI is InChI=1S/C21H39NO11/c1-22(2)10-4-5-19(26)31-16(6-8-20(27)32-17(11-23)12-24)7-9-21(28)33-18(13-25)14-30-15-29-3/h16-18,23-25H,4-15H2,1-3H3. The van der Waals surface area contributed by atoms with Crippen LogP contribution in [0.5, 0.6) is 0 Å². The number of rotatable bonds is 20. The number of esters is 3. The molecule has 0 aromatic rings. The fraction of sp³-hybridized carbons (Fsp3) is 0.857. The Bertz CT molecular complexity index is 540. The summed E-state index contributed by atoms with van der Waals surface area (Å²) in [5.74, 6) is -1.74. The van der Waals surface area contributed by atoms with Gasteiger partial charge in [-0.1, -0.05) is 0 Å². The SMILES string of the molecule is COCOCC(CO)OC(=O)CCC(CCC(=O)OC(CO)CO)OC(=O)CCCN(C)C. The van der Waals surface area contributed by atoms with Crippen LogP contribution in [0.25, 0.3) is 0 Å². The smallest absolute Gasteiger partial charge is 0.306 e. The molecule has 0 aliphatic carbocycles. The van der Waals surface area contributed by atoms with Crippen LogP contribution in [0.4, 0.5) is 0 Å². The fourth-order valence-electron chi connectivity index (χ4n) is 2.61. The molecule has 0 fully saturated rings. The van der Waals surface area contributed by atoms with Gasteiger partial charge in [0.25, 0.3) is 0 Å². The molecule has 0 aromatic carbocycles. The quantitative estimate of drug-likeness (QED) is 0.0862. The van der Waals surface area contributed by atoms with Gasteiger partial charge in [0, 0.05) is 26.4 Å². The minimum Gasteiger partial charge on any atom is -0.462 e. The van der Waals surface area contributed by atoms with E-state index in [2.05, 4.69) is 0 Å². The number of aliphatic hydroxyl groups excluding tert-OH is 3. The van der Waals surface area contributed by atoms with Gasteiger partial charge in [-0.25, -0.2) is 0 Å².